The lowest BCUT2D eigenvalue weighted by molar-refractivity contribution is -0.157. The molecule has 2 fully saturated rings. The molecule has 10 nitrogen and oxygen atoms in total. The number of cyclic esters (lactones) is 3. The molecule has 2 aliphatic heterocycles. The molecule has 2 heterocycles. The molecule has 6 rings (SSSR count). The number of hydrogen-bond acceptors (Lipinski definition) is 9. The summed E-state index contributed by atoms with van der Waals surface area (Å²) < 4.78 is 9.15. The van der Waals surface area contributed by atoms with E-state index in [2.05, 4.69) is 167 Å². The van der Waals surface area contributed by atoms with E-state index in [0.717, 1.165) is 113 Å². The lowest BCUT2D eigenvalue weighted by atomic mass is 9.75. The number of esters is 3. The van der Waals surface area contributed by atoms with Crippen molar-refractivity contribution in [2.75, 3.05) is 6.54 Å². The summed E-state index contributed by atoms with van der Waals surface area (Å²) in [6.07, 6.45) is 31.8. The van der Waals surface area contributed by atoms with E-state index in [1.807, 2.05) is 97.1 Å². The van der Waals surface area contributed by atoms with Gasteiger partial charge >= 0.3 is 23.9 Å². The van der Waals surface area contributed by atoms with Crippen LogP contribution in [0.1, 0.15) is 252 Å². The minimum absolute atomic E-state index is 0.0304. The van der Waals surface area contributed by atoms with Crippen LogP contribution in [0.5, 0.6) is 0 Å². The van der Waals surface area contributed by atoms with Crippen LogP contribution < -0.4 is 5.73 Å². The number of carbonyl (C=O) groups is 5. The molecule has 0 saturated carbocycles. The molecule has 2 aliphatic rings. The smallest absolute Gasteiger partial charge is 0.314 e. The summed E-state index contributed by atoms with van der Waals surface area (Å²) in [7, 11) is 0. The molecule has 0 aromatic heterocycles. The first-order valence-corrected chi connectivity index (χ1v) is 37.6. The van der Waals surface area contributed by atoms with Crippen molar-refractivity contribution in [2.24, 2.45) is 41.2 Å². The molecule has 2 saturated heterocycles. The number of aliphatic hydroxyl groups excluding tert-OH is 1. The van der Waals surface area contributed by atoms with Gasteiger partial charge in [0.25, 0.3) is 0 Å². The normalized spacial score (nSPS) is 15.7. The van der Waals surface area contributed by atoms with Gasteiger partial charge in [0.2, 0.25) is 6.29 Å². The van der Waals surface area contributed by atoms with Crippen molar-refractivity contribution in [2.45, 2.75) is 247 Å². The topological polar surface area (TPSA) is 170 Å². The second-order valence-corrected chi connectivity index (χ2v) is 26.4. The fraction of sp³-hybridized carbons (Fsp3) is 0.500. The number of carboxylic acid groups (broad SMARTS) is 1. The molecule has 100 heavy (non-hydrogen) atoms. The third-order valence-electron chi connectivity index (χ3n) is 18.3. The largest absolute Gasteiger partial charge is 0.481 e. The van der Waals surface area contributed by atoms with Crippen LogP contribution in [0, 0.1) is 35.5 Å². The van der Waals surface area contributed by atoms with E-state index in [-0.39, 0.29) is 61.1 Å². The van der Waals surface area contributed by atoms with Crippen molar-refractivity contribution in [1.29, 1.82) is 0 Å². The maximum Gasteiger partial charge on any atom is 0.314 e. The van der Waals surface area contributed by atoms with E-state index >= 15 is 0 Å². The molecule has 0 radical (unpaired) electrons. The zero-order valence-corrected chi connectivity index (χ0v) is 63.4. The molecule has 0 spiro atoms. The minimum atomic E-state index is -1.05. The molecule has 9 atom stereocenters. The highest BCUT2D eigenvalue weighted by Gasteiger charge is 2.40. The maximum absolute atomic E-state index is 12.4. The molecule has 4 aromatic rings. The first-order valence-electron chi connectivity index (χ1n) is 37.6. The Labute approximate surface area is 607 Å². The first-order chi connectivity index (χ1) is 48.2. The van der Waals surface area contributed by atoms with Gasteiger partial charge in [0, 0.05) is 18.8 Å². The van der Waals surface area contributed by atoms with Crippen molar-refractivity contribution < 1.29 is 43.7 Å². The third-order valence-corrected chi connectivity index (χ3v) is 18.3. The lowest BCUT2D eigenvalue weighted by Gasteiger charge is -2.29. The molecule has 10 heteroatoms. The van der Waals surface area contributed by atoms with E-state index in [0.29, 0.717) is 24.2 Å². The van der Waals surface area contributed by atoms with Crippen LogP contribution in [-0.2, 0) is 33.4 Å². The summed E-state index contributed by atoms with van der Waals surface area (Å²) in [6, 6.07) is 45.3. The third kappa shape index (κ3) is 43.9. The summed E-state index contributed by atoms with van der Waals surface area (Å²) in [5.41, 5.74) is 13.7. The number of carbonyl (C=O) groups excluding carboxylic acids is 4. The quantitative estimate of drug-likeness (QED) is 0.0128. The van der Waals surface area contributed by atoms with Gasteiger partial charge in [-0.05, 0) is 150 Å². The van der Waals surface area contributed by atoms with Crippen molar-refractivity contribution in [3.8, 4) is 0 Å². The monoisotopic (exact) mass is 1370 g/mol. The van der Waals surface area contributed by atoms with Gasteiger partial charge in [0.1, 0.15) is 5.78 Å². The number of hydrogen-bond donors (Lipinski definition) is 3. The Morgan fingerprint density at radius 3 is 1.50 bits per heavy atom. The van der Waals surface area contributed by atoms with Gasteiger partial charge < -0.3 is 25.4 Å². The first kappa shape index (κ1) is 92.5. The van der Waals surface area contributed by atoms with E-state index < -0.39 is 30.1 Å². The highest BCUT2D eigenvalue weighted by atomic mass is 16.6. The Hall–Kier alpha value is -7.53. The molecular weight excluding hydrogens is 1240 g/mol. The van der Waals surface area contributed by atoms with Gasteiger partial charge in [-0.15, -0.1) is 6.58 Å². The molecule has 9 unspecified atom stereocenters. The van der Waals surface area contributed by atoms with Crippen LogP contribution in [0.2, 0.25) is 0 Å². The second kappa shape index (κ2) is 60.3. The zero-order chi connectivity index (χ0) is 74.7. The van der Waals surface area contributed by atoms with Crippen molar-refractivity contribution in [3.05, 3.63) is 242 Å². The van der Waals surface area contributed by atoms with Gasteiger partial charge in [-0.3, -0.25) is 24.0 Å². The van der Waals surface area contributed by atoms with E-state index in [4.69, 9.17) is 10.5 Å². The van der Waals surface area contributed by atoms with Crippen molar-refractivity contribution >= 4 is 29.7 Å². The molecule has 552 valence electrons. The molecular formula is C90H133NO9. The van der Waals surface area contributed by atoms with Crippen molar-refractivity contribution in [3.63, 3.8) is 0 Å². The van der Waals surface area contributed by atoms with Crippen LogP contribution in [0.15, 0.2) is 231 Å². The maximum atomic E-state index is 12.4. The molecule has 0 bridgehead atoms. The summed E-state index contributed by atoms with van der Waals surface area (Å²) in [6.45, 7) is 45.2. The van der Waals surface area contributed by atoms with Gasteiger partial charge in [0.15, 0.2) is 0 Å². The minimum Gasteiger partial charge on any atom is -0.481 e. The Morgan fingerprint density at radius 2 is 1.08 bits per heavy atom. The van der Waals surface area contributed by atoms with Crippen LogP contribution in [0.4, 0.5) is 0 Å². The second-order valence-electron chi connectivity index (χ2n) is 26.4. The Balaban J connectivity index is 0.00000127. The zero-order valence-electron chi connectivity index (χ0n) is 63.4. The number of Topliss-reactive ketones (excluding diaryl/α,β-unsaturated/α-hetero) is 1. The number of aliphatic hydroxyl groups is 1. The highest BCUT2D eigenvalue weighted by Crippen LogP contribution is 2.41. The number of ketones is 1. The average molecular weight is 1370 g/mol. The number of benzene rings is 4. The number of allylic oxidation sites excluding steroid dienone is 10. The van der Waals surface area contributed by atoms with Crippen molar-refractivity contribution in [1.82, 2.24) is 0 Å². The summed E-state index contributed by atoms with van der Waals surface area (Å²) in [5, 5.41) is 20.3. The Morgan fingerprint density at radius 1 is 0.570 bits per heavy atom. The summed E-state index contributed by atoms with van der Waals surface area (Å²) in [4.78, 5) is 56.3. The van der Waals surface area contributed by atoms with Gasteiger partial charge in [0.05, 0.1) is 25.2 Å². The van der Waals surface area contributed by atoms with Crippen LogP contribution in [0.3, 0.4) is 0 Å². The SMILES string of the molecule is C=C/C=C\C(=C)C(CC)CC(=C)C(CCC(C)c1ccccc1)C1CC(=O)OC1O.C=CCCC(=C)C(CC)CC(=C)C(CCCC)C(CC(=O)CCCCC)C(=O)O.CCCC/C=C(\C)CC(CC)c1ccccc1.CCCCN.O=C1CCC(=O)O1.c1ccccc1.c1ccccc1. The van der Waals surface area contributed by atoms with Crippen LogP contribution in [0.25, 0.3) is 0 Å². The molecule has 0 amide bonds. The van der Waals surface area contributed by atoms with E-state index in [9.17, 15) is 34.2 Å². The molecule has 4 aromatic carbocycles. The number of ether oxygens (including phenoxy) is 2. The molecule has 0 aliphatic carbocycles. The van der Waals surface area contributed by atoms with E-state index in [1.54, 1.807) is 11.6 Å². The average Bonchev–Trinajstić information content (AvgIpc) is 1.60. The standard InChI is InChI=1S/C27H36O3.C26H44O3.C17H26.2C6H6.C4H11N.C4H4O3/c1-6-8-12-19(3)22(7-2)17-21(5)24(25-18-26(28)30-27(25)29)16-15-20(4)23-13-10-9-11-14-23;1-7-11-14-16-23(27)19-25(26(28)29)24(17-13-9-3)21(6)18-22(10-4)20(5)15-12-8-2;1-4-6-8-11-15(3)14-16(5-2)17-12-9-7-10-13-17;2*1-2-4-6-5-3-1;1-2-3-4-5;5-3-1-2-4(6)7-3/h6,8-14,20,22,24-25,27,29H,1,3,5,7,15-18H2,2,4H3;8,22,24-25H,2,5-7,9-19H2,1,3-4H3,(H,28,29);7,9-13,16H,4-6,8,14H2,1-3H3;2*1-6H;2-5H2,1H3;1-2H2/b12-8-;;15-11+;;;;. The Kier molecular flexibility index (Phi) is 55.7. The fourth-order valence-corrected chi connectivity index (χ4v) is 12.0. The van der Waals surface area contributed by atoms with E-state index in [1.165, 1.54) is 61.6 Å². The number of aliphatic carboxylic acids is 1. The molecule has 4 N–H and O–H groups in total. The number of rotatable bonds is 40. The number of unbranched alkanes of at least 4 members (excludes halogenated alkanes) is 6. The lowest BCUT2D eigenvalue weighted by Crippen LogP contribution is -2.28. The van der Waals surface area contributed by atoms with Crippen LogP contribution in [-0.4, -0.2) is 52.7 Å². The van der Waals surface area contributed by atoms with Gasteiger partial charge in [-0.1, -0.05) is 325 Å². The number of nitrogens with two attached hydrogens (primary N) is 1. The van der Waals surface area contributed by atoms with Gasteiger partial charge in [-0.25, -0.2) is 0 Å². The predicted molar refractivity (Wildman–Crippen MR) is 422 cm³/mol. The predicted octanol–water partition coefficient (Wildman–Crippen LogP) is 23.5. The van der Waals surface area contributed by atoms with Gasteiger partial charge in [-0.2, -0.15) is 0 Å². The summed E-state index contributed by atoms with van der Waals surface area (Å²) >= 11 is 0. The number of carboxylic acids is 1. The fourth-order valence-electron chi connectivity index (χ4n) is 12.0. The van der Waals surface area contributed by atoms with Crippen LogP contribution >= 0.6 is 0 Å². The summed E-state index contributed by atoms with van der Waals surface area (Å²) in [5.74, 6) is -1.27. The Bertz CT molecular complexity index is 2810. The highest BCUT2D eigenvalue weighted by molar-refractivity contribution is 5.92.